The molecule has 0 N–H and O–H groups in total. The smallest absolute Gasteiger partial charge is 0.191 e. The third-order valence-corrected chi connectivity index (χ3v) is 4.58. The summed E-state index contributed by atoms with van der Waals surface area (Å²) in [4.78, 5) is 0. The van der Waals surface area contributed by atoms with Crippen molar-refractivity contribution in [3.63, 3.8) is 0 Å². The molecular formula is C18H18FN3O2S. The molecule has 130 valence electrons. The fraction of sp³-hybridized carbons (Fsp3) is 0.222. The molecule has 0 fully saturated rings. The first-order valence-corrected chi connectivity index (χ1v) is 8.72. The maximum atomic E-state index is 13.5. The highest BCUT2D eigenvalue weighted by atomic mass is 32.2. The second kappa shape index (κ2) is 8.02. The van der Waals surface area contributed by atoms with Crippen LogP contribution in [0.4, 0.5) is 4.39 Å². The number of hydrogen-bond acceptors (Lipinski definition) is 5. The van der Waals surface area contributed by atoms with Gasteiger partial charge >= 0.3 is 0 Å². The van der Waals surface area contributed by atoms with Crippen molar-refractivity contribution in [3.8, 4) is 22.9 Å². The molecule has 0 aliphatic rings. The van der Waals surface area contributed by atoms with E-state index in [1.165, 1.54) is 17.8 Å². The summed E-state index contributed by atoms with van der Waals surface area (Å²) in [5.74, 6) is 2.01. The Bertz CT molecular complexity index is 854. The number of aromatic nitrogens is 3. The average Bonchev–Trinajstić information content (AvgIpc) is 3.00. The summed E-state index contributed by atoms with van der Waals surface area (Å²) >= 11 is 1.50. The van der Waals surface area contributed by atoms with Crippen LogP contribution in [-0.2, 0) is 7.05 Å². The van der Waals surface area contributed by atoms with Gasteiger partial charge in [-0.2, -0.15) is 0 Å². The quantitative estimate of drug-likeness (QED) is 0.474. The Morgan fingerprint density at radius 1 is 1.04 bits per heavy atom. The molecular weight excluding hydrogens is 341 g/mol. The number of nitrogens with zero attached hydrogens (tertiary/aromatic N) is 3. The van der Waals surface area contributed by atoms with Crippen molar-refractivity contribution in [3.05, 3.63) is 54.3 Å². The van der Waals surface area contributed by atoms with Gasteiger partial charge in [0.05, 0.1) is 19.3 Å². The monoisotopic (exact) mass is 359 g/mol. The molecule has 0 amide bonds. The van der Waals surface area contributed by atoms with Crippen molar-refractivity contribution in [1.82, 2.24) is 14.8 Å². The Balaban J connectivity index is 1.63. The SMILES string of the molecule is COc1ccccc1-c1nnc(SCCOc2ccccc2F)n1C. The molecule has 3 rings (SSSR count). The average molecular weight is 359 g/mol. The highest BCUT2D eigenvalue weighted by molar-refractivity contribution is 7.99. The van der Waals surface area contributed by atoms with Gasteiger partial charge in [0.2, 0.25) is 0 Å². The molecule has 0 atom stereocenters. The normalized spacial score (nSPS) is 10.7. The van der Waals surface area contributed by atoms with Gasteiger partial charge in [0.15, 0.2) is 22.5 Å². The van der Waals surface area contributed by atoms with Crippen molar-refractivity contribution in [2.24, 2.45) is 7.05 Å². The van der Waals surface area contributed by atoms with Gasteiger partial charge in [-0.15, -0.1) is 10.2 Å². The van der Waals surface area contributed by atoms with E-state index >= 15 is 0 Å². The molecule has 0 radical (unpaired) electrons. The Labute approximate surface area is 149 Å². The number of hydrogen-bond donors (Lipinski definition) is 0. The van der Waals surface area contributed by atoms with Gasteiger partial charge in [-0.1, -0.05) is 36.0 Å². The van der Waals surface area contributed by atoms with Crippen molar-refractivity contribution in [2.75, 3.05) is 19.5 Å². The van der Waals surface area contributed by atoms with Gasteiger partial charge in [0.25, 0.3) is 0 Å². The van der Waals surface area contributed by atoms with Gasteiger partial charge in [0.1, 0.15) is 5.75 Å². The van der Waals surface area contributed by atoms with E-state index in [-0.39, 0.29) is 11.6 Å². The molecule has 3 aromatic rings. The summed E-state index contributed by atoms with van der Waals surface area (Å²) in [6, 6.07) is 14.0. The molecule has 0 saturated heterocycles. The number of rotatable bonds is 7. The van der Waals surface area contributed by atoms with E-state index < -0.39 is 0 Å². The topological polar surface area (TPSA) is 49.2 Å². The second-order valence-electron chi connectivity index (χ2n) is 5.19. The number of halogens is 1. The lowest BCUT2D eigenvalue weighted by molar-refractivity contribution is 0.325. The minimum atomic E-state index is -0.357. The van der Waals surface area contributed by atoms with Crippen LogP contribution in [0.15, 0.2) is 53.7 Å². The predicted octanol–water partition coefficient (Wildman–Crippen LogP) is 3.80. The summed E-state index contributed by atoms with van der Waals surface area (Å²) in [6.07, 6.45) is 0. The van der Waals surface area contributed by atoms with Crippen LogP contribution < -0.4 is 9.47 Å². The van der Waals surface area contributed by atoms with Crippen LogP contribution in [0.5, 0.6) is 11.5 Å². The molecule has 0 unspecified atom stereocenters. The molecule has 7 heteroatoms. The third kappa shape index (κ3) is 3.93. The minimum absolute atomic E-state index is 0.260. The largest absolute Gasteiger partial charge is 0.496 e. The maximum absolute atomic E-state index is 13.5. The van der Waals surface area contributed by atoms with Crippen LogP contribution in [0.2, 0.25) is 0 Å². The molecule has 0 aliphatic heterocycles. The fourth-order valence-electron chi connectivity index (χ4n) is 2.35. The highest BCUT2D eigenvalue weighted by Gasteiger charge is 2.14. The molecule has 0 spiro atoms. The summed E-state index contributed by atoms with van der Waals surface area (Å²) in [6.45, 7) is 0.377. The van der Waals surface area contributed by atoms with Crippen molar-refractivity contribution in [2.45, 2.75) is 5.16 Å². The maximum Gasteiger partial charge on any atom is 0.191 e. The van der Waals surface area contributed by atoms with Crippen LogP contribution in [0.1, 0.15) is 0 Å². The Morgan fingerprint density at radius 3 is 2.52 bits per heavy atom. The minimum Gasteiger partial charge on any atom is -0.496 e. The molecule has 0 bridgehead atoms. The Kier molecular flexibility index (Phi) is 5.55. The fourth-order valence-corrected chi connectivity index (χ4v) is 3.08. The van der Waals surface area contributed by atoms with Crippen LogP contribution in [0.3, 0.4) is 0 Å². The first-order valence-electron chi connectivity index (χ1n) is 7.73. The molecule has 2 aromatic carbocycles. The van der Waals surface area contributed by atoms with Gasteiger partial charge in [-0.25, -0.2) is 4.39 Å². The van der Waals surface area contributed by atoms with Gasteiger partial charge in [-0.05, 0) is 24.3 Å². The van der Waals surface area contributed by atoms with Crippen molar-refractivity contribution >= 4 is 11.8 Å². The molecule has 1 aromatic heterocycles. The molecule has 0 aliphatic carbocycles. The first kappa shape index (κ1) is 17.3. The summed E-state index contributed by atoms with van der Waals surface area (Å²) in [5, 5.41) is 9.24. The lowest BCUT2D eigenvalue weighted by Crippen LogP contribution is -2.03. The number of thioether (sulfide) groups is 1. The Hall–Kier alpha value is -2.54. The lowest BCUT2D eigenvalue weighted by atomic mass is 10.2. The van der Waals surface area contributed by atoms with Gasteiger partial charge in [-0.3, -0.25) is 0 Å². The molecule has 25 heavy (non-hydrogen) atoms. The zero-order valence-electron chi connectivity index (χ0n) is 14.0. The molecule has 0 saturated carbocycles. The van der Waals surface area contributed by atoms with Crippen LogP contribution >= 0.6 is 11.8 Å². The second-order valence-corrected chi connectivity index (χ2v) is 6.25. The third-order valence-electron chi connectivity index (χ3n) is 3.59. The lowest BCUT2D eigenvalue weighted by Gasteiger charge is -2.08. The number of benzene rings is 2. The summed E-state index contributed by atoms with van der Waals surface area (Å²) in [7, 11) is 3.53. The van der Waals surface area contributed by atoms with E-state index in [1.54, 1.807) is 25.3 Å². The zero-order chi connectivity index (χ0) is 17.6. The van der Waals surface area contributed by atoms with Gasteiger partial charge in [0, 0.05) is 12.8 Å². The van der Waals surface area contributed by atoms with Crippen LogP contribution in [0, 0.1) is 5.82 Å². The van der Waals surface area contributed by atoms with E-state index in [0.29, 0.717) is 12.4 Å². The first-order chi connectivity index (χ1) is 12.2. The number of methoxy groups -OCH3 is 1. The number of para-hydroxylation sites is 2. The van der Waals surface area contributed by atoms with E-state index in [4.69, 9.17) is 9.47 Å². The summed E-state index contributed by atoms with van der Waals surface area (Å²) in [5.41, 5.74) is 0.884. The van der Waals surface area contributed by atoms with E-state index in [2.05, 4.69) is 10.2 Å². The van der Waals surface area contributed by atoms with Gasteiger partial charge < -0.3 is 14.0 Å². The highest BCUT2D eigenvalue weighted by Crippen LogP contribution is 2.30. The van der Waals surface area contributed by atoms with Crippen molar-refractivity contribution in [1.29, 1.82) is 0 Å². The Morgan fingerprint density at radius 2 is 1.76 bits per heavy atom. The predicted molar refractivity (Wildman–Crippen MR) is 95.6 cm³/mol. The van der Waals surface area contributed by atoms with E-state index in [9.17, 15) is 4.39 Å². The van der Waals surface area contributed by atoms with E-state index in [0.717, 1.165) is 22.3 Å². The standard InChI is InChI=1S/C18H18FN3O2S/c1-22-17(13-7-3-5-9-15(13)23-2)20-21-18(22)25-12-11-24-16-10-6-4-8-14(16)19/h3-10H,11-12H2,1-2H3. The van der Waals surface area contributed by atoms with Crippen LogP contribution in [-0.4, -0.2) is 34.2 Å². The van der Waals surface area contributed by atoms with E-state index in [1.807, 2.05) is 35.9 Å². The summed E-state index contributed by atoms with van der Waals surface area (Å²) < 4.78 is 26.2. The zero-order valence-corrected chi connectivity index (χ0v) is 14.8. The molecule has 5 nitrogen and oxygen atoms in total. The van der Waals surface area contributed by atoms with Crippen molar-refractivity contribution < 1.29 is 13.9 Å². The molecule has 1 heterocycles. The number of ether oxygens (including phenoxy) is 2. The van der Waals surface area contributed by atoms with Crippen LogP contribution in [0.25, 0.3) is 11.4 Å².